The van der Waals surface area contributed by atoms with Crippen molar-refractivity contribution in [2.24, 2.45) is 17.6 Å². The maximum Gasteiger partial charge on any atom is 0.0690 e. The van der Waals surface area contributed by atoms with E-state index in [0.29, 0.717) is 12.5 Å². The molecule has 1 fully saturated rings. The SMILES string of the molecule is CC1CCCC(C(O)CN)C1. The molecule has 66 valence electrons. The number of rotatable bonds is 2. The van der Waals surface area contributed by atoms with Crippen molar-refractivity contribution in [3.8, 4) is 0 Å². The molecule has 0 aromatic rings. The maximum absolute atomic E-state index is 9.48. The largest absolute Gasteiger partial charge is 0.392 e. The normalized spacial score (nSPS) is 35.2. The molecule has 3 atom stereocenters. The van der Waals surface area contributed by atoms with Crippen molar-refractivity contribution in [3.05, 3.63) is 0 Å². The lowest BCUT2D eigenvalue weighted by atomic mass is 9.79. The minimum absolute atomic E-state index is 0.252. The van der Waals surface area contributed by atoms with Crippen LogP contribution in [0.15, 0.2) is 0 Å². The average Bonchev–Trinajstić information content (AvgIpc) is 2.03. The fraction of sp³-hybridized carbons (Fsp3) is 1.00. The Morgan fingerprint density at radius 2 is 2.27 bits per heavy atom. The molecule has 1 saturated carbocycles. The van der Waals surface area contributed by atoms with Gasteiger partial charge in [-0.15, -0.1) is 0 Å². The number of hydrogen-bond donors (Lipinski definition) is 2. The molecule has 0 aromatic carbocycles. The van der Waals surface area contributed by atoms with E-state index in [0.717, 1.165) is 5.92 Å². The molecule has 0 radical (unpaired) electrons. The highest BCUT2D eigenvalue weighted by molar-refractivity contribution is 4.76. The second-order valence-corrected chi connectivity index (χ2v) is 3.83. The number of aliphatic hydroxyl groups excluding tert-OH is 1. The summed E-state index contributed by atoms with van der Waals surface area (Å²) in [7, 11) is 0. The first kappa shape index (κ1) is 9.01. The van der Waals surface area contributed by atoms with Crippen molar-refractivity contribution in [3.63, 3.8) is 0 Å². The Bertz CT molecular complexity index is 116. The van der Waals surface area contributed by atoms with Gasteiger partial charge in [0.15, 0.2) is 0 Å². The minimum atomic E-state index is -0.252. The van der Waals surface area contributed by atoms with Crippen molar-refractivity contribution in [2.45, 2.75) is 38.7 Å². The first-order valence-corrected chi connectivity index (χ1v) is 4.62. The second-order valence-electron chi connectivity index (χ2n) is 3.83. The standard InChI is InChI=1S/C9H19NO/c1-7-3-2-4-8(5-7)9(11)6-10/h7-9,11H,2-6,10H2,1H3. The van der Waals surface area contributed by atoms with Gasteiger partial charge < -0.3 is 10.8 Å². The number of hydrogen-bond acceptors (Lipinski definition) is 2. The number of aliphatic hydroxyl groups is 1. The Balaban J connectivity index is 2.33. The predicted molar refractivity (Wildman–Crippen MR) is 46.2 cm³/mol. The van der Waals surface area contributed by atoms with Crippen LogP contribution in [0.2, 0.25) is 0 Å². The summed E-state index contributed by atoms with van der Waals surface area (Å²) in [6, 6.07) is 0. The summed E-state index contributed by atoms with van der Waals surface area (Å²) < 4.78 is 0. The predicted octanol–water partition coefficient (Wildman–Crippen LogP) is 1.13. The highest BCUT2D eigenvalue weighted by Crippen LogP contribution is 2.30. The van der Waals surface area contributed by atoms with E-state index in [9.17, 15) is 5.11 Å². The van der Waals surface area contributed by atoms with Gasteiger partial charge >= 0.3 is 0 Å². The fourth-order valence-corrected chi connectivity index (χ4v) is 2.02. The molecule has 1 aliphatic rings. The highest BCUT2D eigenvalue weighted by Gasteiger charge is 2.23. The molecular weight excluding hydrogens is 138 g/mol. The van der Waals surface area contributed by atoms with Gasteiger partial charge in [0.25, 0.3) is 0 Å². The summed E-state index contributed by atoms with van der Waals surface area (Å²) in [4.78, 5) is 0. The zero-order chi connectivity index (χ0) is 8.27. The monoisotopic (exact) mass is 157 g/mol. The Morgan fingerprint density at radius 1 is 1.55 bits per heavy atom. The van der Waals surface area contributed by atoms with E-state index >= 15 is 0 Å². The van der Waals surface area contributed by atoms with E-state index in [1.54, 1.807) is 0 Å². The molecule has 3 unspecified atom stereocenters. The maximum atomic E-state index is 9.48. The van der Waals surface area contributed by atoms with Gasteiger partial charge in [0.2, 0.25) is 0 Å². The lowest BCUT2D eigenvalue weighted by Crippen LogP contribution is -2.32. The van der Waals surface area contributed by atoms with E-state index in [4.69, 9.17) is 5.73 Å². The third-order valence-corrected chi connectivity index (χ3v) is 2.76. The zero-order valence-electron chi connectivity index (χ0n) is 7.29. The van der Waals surface area contributed by atoms with Crippen LogP contribution in [0, 0.1) is 11.8 Å². The topological polar surface area (TPSA) is 46.2 Å². The Kier molecular flexibility index (Phi) is 3.34. The van der Waals surface area contributed by atoms with Gasteiger partial charge in [-0.3, -0.25) is 0 Å². The smallest absolute Gasteiger partial charge is 0.0690 e. The van der Waals surface area contributed by atoms with Crippen LogP contribution in [0.1, 0.15) is 32.6 Å². The Labute approximate surface area is 68.8 Å². The summed E-state index contributed by atoms with van der Waals surface area (Å²) >= 11 is 0. The first-order valence-electron chi connectivity index (χ1n) is 4.62. The molecule has 2 heteroatoms. The average molecular weight is 157 g/mol. The third-order valence-electron chi connectivity index (χ3n) is 2.76. The van der Waals surface area contributed by atoms with Crippen LogP contribution in [0.5, 0.6) is 0 Å². The van der Waals surface area contributed by atoms with E-state index < -0.39 is 0 Å². The van der Waals surface area contributed by atoms with Crippen LogP contribution in [0.25, 0.3) is 0 Å². The molecule has 1 aliphatic carbocycles. The fourth-order valence-electron chi connectivity index (χ4n) is 2.02. The molecule has 2 nitrogen and oxygen atoms in total. The van der Waals surface area contributed by atoms with Gasteiger partial charge in [-0.1, -0.05) is 19.8 Å². The first-order chi connectivity index (χ1) is 5.24. The molecule has 0 amide bonds. The van der Waals surface area contributed by atoms with Gasteiger partial charge in [0, 0.05) is 6.54 Å². The van der Waals surface area contributed by atoms with Crippen LogP contribution in [-0.4, -0.2) is 17.8 Å². The molecule has 0 heterocycles. The Morgan fingerprint density at radius 3 is 2.82 bits per heavy atom. The Hall–Kier alpha value is -0.0800. The van der Waals surface area contributed by atoms with E-state index in [1.807, 2.05) is 0 Å². The molecule has 0 spiro atoms. The zero-order valence-corrected chi connectivity index (χ0v) is 7.29. The molecule has 0 saturated heterocycles. The van der Waals surface area contributed by atoms with E-state index in [-0.39, 0.29) is 6.10 Å². The van der Waals surface area contributed by atoms with E-state index in [2.05, 4.69) is 6.92 Å². The molecule has 0 aromatic heterocycles. The molecule has 3 N–H and O–H groups in total. The summed E-state index contributed by atoms with van der Waals surface area (Å²) in [5, 5.41) is 9.48. The van der Waals surface area contributed by atoms with Crippen LogP contribution < -0.4 is 5.73 Å². The quantitative estimate of drug-likeness (QED) is 0.631. The minimum Gasteiger partial charge on any atom is -0.392 e. The molecule has 0 aliphatic heterocycles. The molecule has 1 rings (SSSR count). The molecule has 11 heavy (non-hydrogen) atoms. The molecule has 0 bridgehead atoms. The lowest BCUT2D eigenvalue weighted by Gasteiger charge is -2.29. The van der Waals surface area contributed by atoms with Gasteiger partial charge in [-0.05, 0) is 24.7 Å². The lowest BCUT2D eigenvalue weighted by molar-refractivity contribution is 0.0784. The summed E-state index contributed by atoms with van der Waals surface area (Å²) in [5.41, 5.74) is 5.40. The number of nitrogens with two attached hydrogens (primary N) is 1. The summed E-state index contributed by atoms with van der Waals surface area (Å²) in [5.74, 6) is 1.26. The van der Waals surface area contributed by atoms with Crippen molar-refractivity contribution in [1.29, 1.82) is 0 Å². The van der Waals surface area contributed by atoms with Crippen molar-refractivity contribution in [2.75, 3.05) is 6.54 Å². The van der Waals surface area contributed by atoms with Crippen LogP contribution in [0.4, 0.5) is 0 Å². The van der Waals surface area contributed by atoms with Crippen LogP contribution in [0.3, 0.4) is 0 Å². The van der Waals surface area contributed by atoms with E-state index in [1.165, 1.54) is 25.7 Å². The van der Waals surface area contributed by atoms with Gasteiger partial charge in [0.05, 0.1) is 6.10 Å². The van der Waals surface area contributed by atoms with Crippen molar-refractivity contribution < 1.29 is 5.11 Å². The van der Waals surface area contributed by atoms with Crippen molar-refractivity contribution >= 4 is 0 Å². The van der Waals surface area contributed by atoms with Crippen molar-refractivity contribution in [1.82, 2.24) is 0 Å². The van der Waals surface area contributed by atoms with Gasteiger partial charge in [-0.25, -0.2) is 0 Å². The van der Waals surface area contributed by atoms with Gasteiger partial charge in [-0.2, -0.15) is 0 Å². The second kappa shape index (κ2) is 4.07. The van der Waals surface area contributed by atoms with Crippen LogP contribution in [-0.2, 0) is 0 Å². The third kappa shape index (κ3) is 2.46. The summed E-state index contributed by atoms with van der Waals surface area (Å²) in [6.07, 6.45) is 4.68. The van der Waals surface area contributed by atoms with Gasteiger partial charge in [0.1, 0.15) is 0 Å². The molecular formula is C9H19NO. The summed E-state index contributed by atoms with van der Waals surface area (Å²) in [6.45, 7) is 2.69. The van der Waals surface area contributed by atoms with Crippen LogP contribution >= 0.6 is 0 Å². The highest BCUT2D eigenvalue weighted by atomic mass is 16.3.